The highest BCUT2D eigenvalue weighted by Crippen LogP contribution is 2.40. The predicted molar refractivity (Wildman–Crippen MR) is 161 cm³/mol. The van der Waals surface area contributed by atoms with Crippen LogP contribution in [0.1, 0.15) is 73.4 Å². The number of nitrogens with one attached hydrogen (secondary N) is 2. The summed E-state index contributed by atoms with van der Waals surface area (Å²) in [6, 6.07) is 6.78. The van der Waals surface area contributed by atoms with Crippen molar-refractivity contribution in [2.45, 2.75) is 90.1 Å². The van der Waals surface area contributed by atoms with Gasteiger partial charge in [0.05, 0.1) is 17.2 Å². The van der Waals surface area contributed by atoms with Gasteiger partial charge < -0.3 is 19.6 Å². The van der Waals surface area contributed by atoms with Gasteiger partial charge in [0.2, 0.25) is 0 Å². The van der Waals surface area contributed by atoms with Crippen molar-refractivity contribution < 1.29 is 22.7 Å². The van der Waals surface area contributed by atoms with Gasteiger partial charge >= 0.3 is 6.61 Å². The second-order valence-electron chi connectivity index (χ2n) is 11.3. The quantitative estimate of drug-likeness (QED) is 0.275. The molecule has 0 bridgehead atoms. The summed E-state index contributed by atoms with van der Waals surface area (Å²) in [6.07, 6.45) is 5.32. The molecule has 1 amide bonds. The first-order chi connectivity index (χ1) is 19.6. The maximum atomic E-state index is 14.5. The Morgan fingerprint density at radius 2 is 1.86 bits per heavy atom. The number of aromatic amines is 1. The molecule has 11 heteroatoms. The van der Waals surface area contributed by atoms with Crippen LogP contribution in [-0.4, -0.2) is 58.5 Å². The maximum absolute atomic E-state index is 14.5. The highest BCUT2D eigenvalue weighted by molar-refractivity contribution is 7.98. The number of fused-ring (bicyclic) bond motifs is 1. The summed E-state index contributed by atoms with van der Waals surface area (Å²) in [4.78, 5) is 32.0. The molecular weight excluding hydrogens is 565 g/mol. The molecule has 1 saturated carbocycles. The van der Waals surface area contributed by atoms with Crippen LogP contribution in [0.4, 0.5) is 13.2 Å². The first kappa shape index (κ1) is 32.2. The highest BCUT2D eigenvalue weighted by atomic mass is 32.2. The molecular formula is C31H41F3N4O3S. The number of alkyl halides is 2. The van der Waals surface area contributed by atoms with E-state index in [0.717, 1.165) is 42.0 Å². The van der Waals surface area contributed by atoms with Gasteiger partial charge in [-0.15, -0.1) is 11.8 Å². The van der Waals surface area contributed by atoms with Gasteiger partial charge in [0.25, 0.3) is 11.5 Å². The molecule has 1 aromatic carbocycles. The topological polar surface area (TPSA) is 79.4 Å². The van der Waals surface area contributed by atoms with E-state index in [2.05, 4.69) is 31.4 Å². The minimum Gasteiger partial charge on any atom is -0.348 e. The lowest BCUT2D eigenvalue weighted by molar-refractivity contribution is -0.202. The van der Waals surface area contributed by atoms with Gasteiger partial charge in [-0.2, -0.15) is 8.78 Å². The molecule has 5 rings (SSSR count). The summed E-state index contributed by atoms with van der Waals surface area (Å²) in [5.74, 6) is -0.350. The average molecular weight is 607 g/mol. The average Bonchev–Trinajstić information content (AvgIpc) is 3.19. The molecule has 1 aliphatic carbocycles. The van der Waals surface area contributed by atoms with Gasteiger partial charge in [-0.05, 0) is 82.9 Å². The lowest BCUT2D eigenvalue weighted by Crippen LogP contribution is -2.57. The van der Waals surface area contributed by atoms with Crippen LogP contribution >= 0.6 is 11.8 Å². The highest BCUT2D eigenvalue weighted by Gasteiger charge is 2.38. The van der Waals surface area contributed by atoms with Crippen molar-refractivity contribution in [1.82, 2.24) is 19.8 Å². The SMILES string of the molecule is C.CSc1cc(C)[nH]c(=O)c1CNC(=O)c1c(C)n([C@H](C)C2CCC(N3CC(OC(F)F)C3)CC2)c2cc(F)ccc12. The molecule has 1 aliphatic heterocycles. The van der Waals surface area contributed by atoms with E-state index in [-0.39, 0.29) is 37.3 Å². The van der Waals surface area contributed by atoms with E-state index >= 15 is 0 Å². The molecule has 1 atom stereocenters. The van der Waals surface area contributed by atoms with Crippen molar-refractivity contribution in [3.8, 4) is 0 Å². The first-order valence-electron chi connectivity index (χ1n) is 14.1. The minimum atomic E-state index is -2.73. The fourth-order valence-electron chi connectivity index (χ4n) is 6.68. The van der Waals surface area contributed by atoms with Gasteiger partial charge in [0, 0.05) is 59.0 Å². The Morgan fingerprint density at radius 1 is 1.17 bits per heavy atom. The zero-order chi connectivity index (χ0) is 29.4. The number of carbonyl (C=O) groups excluding carboxylic acids is 1. The third kappa shape index (κ3) is 6.43. The molecule has 3 aromatic rings. The molecule has 0 spiro atoms. The van der Waals surface area contributed by atoms with E-state index in [1.807, 2.05) is 26.2 Å². The van der Waals surface area contributed by atoms with Crippen molar-refractivity contribution in [3.63, 3.8) is 0 Å². The number of thioether (sulfide) groups is 1. The number of pyridine rings is 1. The van der Waals surface area contributed by atoms with Crippen LogP contribution in [0.25, 0.3) is 10.9 Å². The Labute approximate surface area is 249 Å². The first-order valence-corrected chi connectivity index (χ1v) is 15.3. The molecule has 42 heavy (non-hydrogen) atoms. The number of aromatic nitrogens is 2. The normalized spacial score (nSPS) is 20.4. The number of carbonyl (C=O) groups is 1. The number of hydrogen-bond acceptors (Lipinski definition) is 5. The molecule has 2 N–H and O–H groups in total. The number of ether oxygens (including phenoxy) is 1. The van der Waals surface area contributed by atoms with Crippen LogP contribution in [0.3, 0.4) is 0 Å². The van der Waals surface area contributed by atoms with E-state index in [4.69, 9.17) is 0 Å². The van der Waals surface area contributed by atoms with Crippen molar-refractivity contribution in [2.24, 2.45) is 5.92 Å². The number of H-pyrrole nitrogens is 1. The van der Waals surface area contributed by atoms with Gasteiger partial charge in [0.15, 0.2) is 0 Å². The Kier molecular flexibility index (Phi) is 10.2. The zero-order valence-electron chi connectivity index (χ0n) is 23.8. The van der Waals surface area contributed by atoms with Crippen LogP contribution in [0.5, 0.6) is 0 Å². The van der Waals surface area contributed by atoms with Crippen molar-refractivity contribution >= 4 is 28.6 Å². The molecule has 230 valence electrons. The van der Waals surface area contributed by atoms with E-state index in [9.17, 15) is 22.8 Å². The third-order valence-corrected chi connectivity index (χ3v) is 9.64. The molecule has 1 saturated heterocycles. The summed E-state index contributed by atoms with van der Waals surface area (Å²) in [6.45, 7) is 4.27. The molecule has 0 radical (unpaired) electrons. The number of rotatable bonds is 9. The van der Waals surface area contributed by atoms with Gasteiger partial charge in [-0.3, -0.25) is 14.5 Å². The van der Waals surface area contributed by atoms with E-state index in [1.54, 1.807) is 6.07 Å². The zero-order valence-corrected chi connectivity index (χ0v) is 24.6. The van der Waals surface area contributed by atoms with E-state index in [1.165, 1.54) is 23.9 Å². The molecule has 3 heterocycles. The molecule has 7 nitrogen and oxygen atoms in total. The predicted octanol–water partition coefficient (Wildman–Crippen LogP) is 6.42. The smallest absolute Gasteiger partial charge is 0.345 e. The van der Waals surface area contributed by atoms with E-state index < -0.39 is 12.7 Å². The van der Waals surface area contributed by atoms with Crippen LogP contribution < -0.4 is 10.9 Å². The van der Waals surface area contributed by atoms with Crippen LogP contribution in [0, 0.1) is 25.6 Å². The Balaban J connectivity index is 0.00000405. The maximum Gasteiger partial charge on any atom is 0.345 e. The Bertz CT molecular complexity index is 1480. The minimum absolute atomic E-state index is 0. The van der Waals surface area contributed by atoms with Crippen LogP contribution in [0.15, 0.2) is 34.0 Å². The molecule has 0 unspecified atom stereocenters. The fourth-order valence-corrected chi connectivity index (χ4v) is 7.38. The van der Waals surface area contributed by atoms with E-state index in [0.29, 0.717) is 47.1 Å². The van der Waals surface area contributed by atoms with Crippen molar-refractivity contribution in [1.29, 1.82) is 0 Å². The third-order valence-electron chi connectivity index (χ3n) is 8.83. The molecule has 2 aliphatic rings. The molecule has 2 aromatic heterocycles. The number of hydrogen-bond donors (Lipinski definition) is 2. The second kappa shape index (κ2) is 13.3. The second-order valence-corrected chi connectivity index (χ2v) is 12.1. The summed E-state index contributed by atoms with van der Waals surface area (Å²) >= 11 is 1.46. The number of amides is 1. The number of halogens is 3. The number of benzene rings is 1. The number of nitrogens with zero attached hydrogens (tertiary/aromatic N) is 2. The molecule has 2 fully saturated rings. The number of aryl methyl sites for hydroxylation is 1. The standard InChI is InChI=1S/C30H37F3N4O3S.CH4/c1-16-11-26(41-4)24(28(38)35-16)13-34-29(39)27-18(3)37(25-12-20(31)7-10-23(25)27)17(2)19-5-8-21(9-6-19)36-14-22(15-36)40-30(32)33;/h7,10-12,17,19,21-22,30H,5-6,8-9,13-15H2,1-4H3,(H,34,39)(H,35,38);1H4/t17-,19?,21?;/m1./s1. The largest absolute Gasteiger partial charge is 0.348 e. The van der Waals surface area contributed by atoms with Gasteiger partial charge in [-0.1, -0.05) is 7.43 Å². The summed E-state index contributed by atoms with van der Waals surface area (Å²) < 4.78 is 46.1. The Hall–Kier alpha value is -2.76. The lowest BCUT2D eigenvalue weighted by Gasteiger charge is -2.46. The number of likely N-dealkylation sites (tertiary alicyclic amines) is 1. The summed E-state index contributed by atoms with van der Waals surface area (Å²) in [7, 11) is 0. The van der Waals surface area contributed by atoms with Gasteiger partial charge in [-0.25, -0.2) is 4.39 Å². The van der Waals surface area contributed by atoms with Gasteiger partial charge in [0.1, 0.15) is 5.82 Å². The lowest BCUT2D eigenvalue weighted by atomic mass is 9.80. The fraction of sp³-hybridized carbons (Fsp3) is 0.548. The van der Waals surface area contributed by atoms with Crippen LogP contribution in [-0.2, 0) is 11.3 Å². The Morgan fingerprint density at radius 3 is 2.50 bits per heavy atom. The van der Waals surface area contributed by atoms with Crippen LogP contribution in [0.2, 0.25) is 0 Å². The van der Waals surface area contributed by atoms with Crippen molar-refractivity contribution in [2.75, 3.05) is 19.3 Å². The summed E-state index contributed by atoms with van der Waals surface area (Å²) in [5, 5.41) is 3.61. The summed E-state index contributed by atoms with van der Waals surface area (Å²) in [5.41, 5.74) is 2.96. The van der Waals surface area contributed by atoms with Crippen molar-refractivity contribution in [3.05, 3.63) is 63.0 Å². The monoisotopic (exact) mass is 606 g/mol.